The average molecular weight is 420 g/mol. The second-order valence-electron chi connectivity index (χ2n) is 6.68. The molecule has 0 saturated carbocycles. The molecule has 0 spiro atoms. The molecule has 1 N–H and O–H groups in total. The maximum atomic E-state index is 12.9. The summed E-state index contributed by atoms with van der Waals surface area (Å²) < 4.78 is 44.5. The fourth-order valence-corrected chi connectivity index (χ4v) is 4.42. The van der Waals surface area contributed by atoms with Crippen LogP contribution >= 0.6 is 0 Å². The number of nitrogens with one attached hydrogen (secondary N) is 1. The largest absolute Gasteiger partial charge is 0.449 e. The lowest BCUT2D eigenvalue weighted by molar-refractivity contribution is -0.123. The van der Waals surface area contributed by atoms with Crippen molar-refractivity contribution >= 4 is 27.6 Å². The van der Waals surface area contributed by atoms with Crippen molar-refractivity contribution in [3.05, 3.63) is 59.9 Å². The molecule has 1 saturated heterocycles. The molecule has 0 radical (unpaired) electrons. The number of amides is 1. The molecule has 3 rings (SSSR count). The third-order valence-corrected chi connectivity index (χ3v) is 6.47. The average Bonchev–Trinajstić information content (AvgIpc) is 3.24. The highest BCUT2D eigenvalue weighted by Crippen LogP contribution is 2.22. The predicted octanol–water partition coefficient (Wildman–Crippen LogP) is 2.79. The Kier molecular flexibility index (Phi) is 6.29. The van der Waals surface area contributed by atoms with Gasteiger partial charge in [-0.25, -0.2) is 17.6 Å². The highest BCUT2D eigenvalue weighted by molar-refractivity contribution is 7.89. The van der Waals surface area contributed by atoms with Crippen LogP contribution in [0.15, 0.2) is 53.4 Å². The van der Waals surface area contributed by atoms with Crippen molar-refractivity contribution in [2.75, 3.05) is 18.4 Å². The van der Waals surface area contributed by atoms with Gasteiger partial charge >= 0.3 is 5.97 Å². The zero-order valence-corrected chi connectivity index (χ0v) is 16.6. The van der Waals surface area contributed by atoms with Crippen LogP contribution in [0, 0.1) is 5.82 Å². The Morgan fingerprint density at radius 1 is 1.03 bits per heavy atom. The van der Waals surface area contributed by atoms with Gasteiger partial charge in [-0.3, -0.25) is 4.79 Å². The van der Waals surface area contributed by atoms with Crippen LogP contribution in [-0.4, -0.2) is 43.8 Å². The normalized spacial score (nSPS) is 15.7. The van der Waals surface area contributed by atoms with E-state index in [1.807, 2.05) is 0 Å². The van der Waals surface area contributed by atoms with E-state index in [1.165, 1.54) is 47.6 Å². The molecule has 154 valence electrons. The number of ether oxygens (including phenoxy) is 1. The Morgan fingerprint density at radius 2 is 1.62 bits per heavy atom. The van der Waals surface area contributed by atoms with Crippen molar-refractivity contribution < 1.29 is 27.1 Å². The summed E-state index contributed by atoms with van der Waals surface area (Å²) in [6, 6.07) is 10.6. The van der Waals surface area contributed by atoms with Gasteiger partial charge in [-0.2, -0.15) is 4.31 Å². The van der Waals surface area contributed by atoms with E-state index in [4.69, 9.17) is 4.74 Å². The van der Waals surface area contributed by atoms with E-state index < -0.39 is 33.8 Å². The Balaban J connectivity index is 1.59. The molecule has 0 aliphatic carbocycles. The van der Waals surface area contributed by atoms with E-state index in [2.05, 4.69) is 5.32 Å². The minimum absolute atomic E-state index is 0.127. The lowest BCUT2D eigenvalue weighted by Gasteiger charge is -2.16. The van der Waals surface area contributed by atoms with E-state index in [1.54, 1.807) is 0 Å². The summed E-state index contributed by atoms with van der Waals surface area (Å²) in [7, 11) is -3.53. The fraction of sp³-hybridized carbons (Fsp3) is 0.300. The third-order valence-electron chi connectivity index (χ3n) is 4.56. The SMILES string of the molecule is C[C@H](OC(=O)c1ccc(F)cc1)C(=O)Nc1ccc(S(=O)(=O)N2CCCC2)cc1. The molecular weight excluding hydrogens is 399 g/mol. The molecule has 2 aromatic carbocycles. The van der Waals surface area contributed by atoms with Crippen LogP contribution in [0.5, 0.6) is 0 Å². The smallest absolute Gasteiger partial charge is 0.338 e. The minimum atomic E-state index is -3.53. The van der Waals surface area contributed by atoms with Gasteiger partial charge in [-0.05, 0) is 68.3 Å². The topological polar surface area (TPSA) is 92.8 Å². The molecule has 1 amide bonds. The molecule has 0 unspecified atom stereocenters. The van der Waals surface area contributed by atoms with Crippen LogP contribution < -0.4 is 5.32 Å². The number of carbonyl (C=O) groups is 2. The van der Waals surface area contributed by atoms with Gasteiger partial charge in [0.15, 0.2) is 6.10 Å². The summed E-state index contributed by atoms with van der Waals surface area (Å²) in [5.74, 6) is -1.81. The summed E-state index contributed by atoms with van der Waals surface area (Å²) in [4.78, 5) is 24.4. The minimum Gasteiger partial charge on any atom is -0.449 e. The van der Waals surface area contributed by atoms with E-state index in [0.717, 1.165) is 25.0 Å². The van der Waals surface area contributed by atoms with Gasteiger partial charge in [-0.15, -0.1) is 0 Å². The lowest BCUT2D eigenvalue weighted by atomic mass is 10.2. The van der Waals surface area contributed by atoms with Gasteiger partial charge in [0.05, 0.1) is 10.5 Å². The van der Waals surface area contributed by atoms with Crippen LogP contribution in [0.4, 0.5) is 10.1 Å². The van der Waals surface area contributed by atoms with Gasteiger partial charge in [0.1, 0.15) is 5.82 Å². The number of halogens is 1. The first-order valence-electron chi connectivity index (χ1n) is 9.15. The number of esters is 1. The molecular formula is C20H21FN2O5S. The molecule has 1 aliphatic heterocycles. The van der Waals surface area contributed by atoms with Crippen molar-refractivity contribution in [2.45, 2.75) is 30.8 Å². The fourth-order valence-electron chi connectivity index (χ4n) is 2.90. The van der Waals surface area contributed by atoms with E-state index in [0.29, 0.717) is 18.8 Å². The second kappa shape index (κ2) is 8.71. The number of carbonyl (C=O) groups excluding carboxylic acids is 2. The standard InChI is InChI=1S/C20H21FN2O5S/c1-14(28-20(25)15-4-6-16(21)7-5-15)19(24)22-17-8-10-18(11-9-17)29(26,27)23-12-2-3-13-23/h4-11,14H,2-3,12-13H2,1H3,(H,22,24)/t14-/m0/s1. The number of nitrogens with zero attached hydrogens (tertiary/aromatic N) is 1. The Morgan fingerprint density at radius 3 is 2.21 bits per heavy atom. The second-order valence-corrected chi connectivity index (χ2v) is 8.62. The number of hydrogen-bond donors (Lipinski definition) is 1. The predicted molar refractivity (Wildman–Crippen MR) is 104 cm³/mol. The number of sulfonamides is 1. The first-order chi connectivity index (χ1) is 13.8. The molecule has 1 atom stereocenters. The van der Waals surface area contributed by atoms with Crippen molar-refractivity contribution in [2.24, 2.45) is 0 Å². The summed E-state index contributed by atoms with van der Waals surface area (Å²) in [5, 5.41) is 2.57. The first-order valence-corrected chi connectivity index (χ1v) is 10.6. The maximum absolute atomic E-state index is 12.9. The molecule has 2 aromatic rings. The molecule has 1 aliphatic rings. The summed E-state index contributed by atoms with van der Waals surface area (Å²) in [6.07, 6.45) is 0.602. The van der Waals surface area contributed by atoms with Crippen LogP contribution in [-0.2, 0) is 19.6 Å². The van der Waals surface area contributed by atoms with Gasteiger partial charge < -0.3 is 10.1 Å². The number of rotatable bonds is 6. The summed E-state index contributed by atoms with van der Waals surface area (Å²) >= 11 is 0. The Hall–Kier alpha value is -2.78. The molecule has 0 aromatic heterocycles. The van der Waals surface area contributed by atoms with E-state index >= 15 is 0 Å². The molecule has 29 heavy (non-hydrogen) atoms. The van der Waals surface area contributed by atoms with Gasteiger partial charge in [0.25, 0.3) is 5.91 Å². The van der Waals surface area contributed by atoms with E-state index in [9.17, 15) is 22.4 Å². The monoisotopic (exact) mass is 420 g/mol. The van der Waals surface area contributed by atoms with Crippen molar-refractivity contribution in [3.8, 4) is 0 Å². The Bertz CT molecular complexity index is 985. The van der Waals surface area contributed by atoms with Gasteiger partial charge in [0.2, 0.25) is 10.0 Å². The van der Waals surface area contributed by atoms with Crippen molar-refractivity contribution in [1.29, 1.82) is 0 Å². The van der Waals surface area contributed by atoms with Crippen LogP contribution in [0.2, 0.25) is 0 Å². The molecule has 1 heterocycles. The van der Waals surface area contributed by atoms with E-state index in [-0.39, 0.29) is 10.5 Å². The number of benzene rings is 2. The highest BCUT2D eigenvalue weighted by atomic mass is 32.2. The first kappa shape index (κ1) is 20.9. The number of hydrogen-bond acceptors (Lipinski definition) is 5. The quantitative estimate of drug-likeness (QED) is 0.726. The zero-order valence-electron chi connectivity index (χ0n) is 15.8. The molecule has 7 nitrogen and oxygen atoms in total. The summed E-state index contributed by atoms with van der Waals surface area (Å²) in [5.41, 5.74) is 0.502. The maximum Gasteiger partial charge on any atom is 0.338 e. The van der Waals surface area contributed by atoms with Crippen LogP contribution in [0.3, 0.4) is 0 Å². The van der Waals surface area contributed by atoms with Crippen LogP contribution in [0.25, 0.3) is 0 Å². The van der Waals surface area contributed by atoms with Gasteiger partial charge in [0, 0.05) is 18.8 Å². The summed E-state index contributed by atoms with van der Waals surface area (Å²) in [6.45, 7) is 2.43. The molecule has 0 bridgehead atoms. The van der Waals surface area contributed by atoms with Gasteiger partial charge in [-0.1, -0.05) is 0 Å². The highest BCUT2D eigenvalue weighted by Gasteiger charge is 2.27. The van der Waals surface area contributed by atoms with Crippen LogP contribution in [0.1, 0.15) is 30.1 Å². The van der Waals surface area contributed by atoms with Crippen molar-refractivity contribution in [3.63, 3.8) is 0 Å². The van der Waals surface area contributed by atoms with Crippen molar-refractivity contribution in [1.82, 2.24) is 4.31 Å². The zero-order chi connectivity index (χ0) is 21.0. The molecule has 9 heteroatoms. The Labute approximate surface area is 168 Å². The third kappa shape index (κ3) is 4.99. The lowest BCUT2D eigenvalue weighted by Crippen LogP contribution is -2.30. The molecule has 1 fully saturated rings. The number of anilines is 1.